The van der Waals surface area contributed by atoms with E-state index in [0.717, 1.165) is 18.7 Å². The van der Waals surface area contributed by atoms with Crippen molar-refractivity contribution >= 4 is 22.0 Å². The van der Waals surface area contributed by atoms with E-state index in [1.807, 2.05) is 48.9 Å². The molecule has 0 aliphatic rings. The number of methoxy groups -OCH3 is 1. The number of benzene rings is 1. The highest BCUT2D eigenvalue weighted by atomic mass is 32.3. The van der Waals surface area contributed by atoms with Gasteiger partial charge in [0, 0.05) is 12.1 Å². The first-order chi connectivity index (χ1) is 8.31. The summed E-state index contributed by atoms with van der Waals surface area (Å²) in [5.74, 6) is 0.890. The maximum absolute atomic E-state index is 9.22. The Morgan fingerprint density at radius 2 is 1.67 bits per heavy atom. The highest BCUT2D eigenvalue weighted by Gasteiger charge is 2.06. The lowest BCUT2D eigenvalue weighted by atomic mass is 10.3. The number of ether oxygens (including phenoxy) is 1. The second-order valence-corrected chi connectivity index (χ2v) is 4.34. The Labute approximate surface area is 107 Å². The Morgan fingerprint density at radius 1 is 1.22 bits per heavy atom. The molecule has 6 nitrogen and oxygen atoms in total. The maximum Gasteiger partial charge on any atom is 0.338 e. The Balaban J connectivity index is 0.000000411. The molecule has 0 heterocycles. The molecule has 0 saturated heterocycles. The third-order valence-electron chi connectivity index (χ3n) is 2.12. The SMILES string of the molecule is COC(C)=[N+](C)c1ccccc1.COS(=O)(=O)[O-]. The van der Waals surface area contributed by atoms with Crippen molar-refractivity contribution in [2.45, 2.75) is 6.92 Å². The lowest BCUT2D eigenvalue weighted by Gasteiger charge is -1.98. The quantitative estimate of drug-likeness (QED) is 0.266. The number of hydrogen-bond donors (Lipinski definition) is 0. The van der Waals surface area contributed by atoms with Crippen LogP contribution in [0.1, 0.15) is 6.92 Å². The molecule has 102 valence electrons. The molecule has 0 bridgehead atoms. The number of para-hydroxylation sites is 1. The van der Waals surface area contributed by atoms with Crippen LogP contribution in [-0.4, -0.2) is 44.7 Å². The van der Waals surface area contributed by atoms with E-state index < -0.39 is 10.4 Å². The lowest BCUT2D eigenvalue weighted by Crippen LogP contribution is -2.10. The van der Waals surface area contributed by atoms with E-state index in [2.05, 4.69) is 4.18 Å². The fraction of sp³-hybridized carbons (Fsp3) is 0.364. The lowest BCUT2D eigenvalue weighted by molar-refractivity contribution is -0.416. The molecular formula is C11H17NO5S. The van der Waals surface area contributed by atoms with Gasteiger partial charge >= 0.3 is 5.90 Å². The van der Waals surface area contributed by atoms with Crippen molar-refractivity contribution in [2.75, 3.05) is 21.3 Å². The van der Waals surface area contributed by atoms with Crippen LogP contribution in [0.5, 0.6) is 0 Å². The fourth-order valence-corrected chi connectivity index (χ4v) is 0.970. The van der Waals surface area contributed by atoms with Gasteiger partial charge in [-0.15, -0.1) is 0 Å². The van der Waals surface area contributed by atoms with E-state index in [1.54, 1.807) is 7.11 Å². The van der Waals surface area contributed by atoms with Gasteiger partial charge < -0.3 is 9.29 Å². The van der Waals surface area contributed by atoms with Crippen LogP contribution >= 0.6 is 0 Å². The van der Waals surface area contributed by atoms with Gasteiger partial charge in [-0.05, 0) is 0 Å². The van der Waals surface area contributed by atoms with Crippen molar-refractivity contribution in [3.05, 3.63) is 30.3 Å². The predicted octanol–water partition coefficient (Wildman–Crippen LogP) is 1.12. The summed E-state index contributed by atoms with van der Waals surface area (Å²) in [6, 6.07) is 10.1. The molecule has 0 N–H and O–H groups in total. The van der Waals surface area contributed by atoms with Gasteiger partial charge in [0.05, 0.1) is 21.1 Å². The molecule has 0 spiro atoms. The van der Waals surface area contributed by atoms with Crippen molar-refractivity contribution in [3.63, 3.8) is 0 Å². The average molecular weight is 275 g/mol. The van der Waals surface area contributed by atoms with E-state index in [9.17, 15) is 13.0 Å². The highest BCUT2D eigenvalue weighted by molar-refractivity contribution is 7.80. The molecular weight excluding hydrogens is 258 g/mol. The van der Waals surface area contributed by atoms with E-state index in [1.165, 1.54) is 0 Å². The molecule has 0 aromatic heterocycles. The van der Waals surface area contributed by atoms with Crippen LogP contribution in [0, 0.1) is 0 Å². The van der Waals surface area contributed by atoms with Crippen molar-refractivity contribution in [3.8, 4) is 0 Å². The van der Waals surface area contributed by atoms with E-state index >= 15 is 0 Å². The molecule has 1 aromatic rings. The van der Waals surface area contributed by atoms with Gasteiger partial charge in [0.2, 0.25) is 16.1 Å². The molecule has 0 radical (unpaired) electrons. The highest BCUT2D eigenvalue weighted by Crippen LogP contribution is 2.08. The van der Waals surface area contributed by atoms with E-state index in [4.69, 9.17) is 4.74 Å². The predicted molar refractivity (Wildman–Crippen MR) is 66.7 cm³/mol. The van der Waals surface area contributed by atoms with Gasteiger partial charge in [0.1, 0.15) is 7.05 Å². The molecule has 1 rings (SSSR count). The first kappa shape index (κ1) is 16.6. The summed E-state index contributed by atoms with van der Waals surface area (Å²) >= 11 is 0. The first-order valence-corrected chi connectivity index (χ1v) is 6.33. The van der Waals surface area contributed by atoms with Gasteiger partial charge in [-0.25, -0.2) is 8.42 Å². The maximum atomic E-state index is 9.22. The summed E-state index contributed by atoms with van der Waals surface area (Å²) in [6.45, 7) is 1.94. The van der Waals surface area contributed by atoms with Crippen molar-refractivity contribution in [2.24, 2.45) is 0 Å². The number of hydrogen-bond acceptors (Lipinski definition) is 5. The van der Waals surface area contributed by atoms with Gasteiger partial charge in [-0.2, -0.15) is 4.58 Å². The minimum Gasteiger partial charge on any atom is -0.726 e. The summed E-state index contributed by atoms with van der Waals surface area (Å²) in [4.78, 5) is 0. The molecule has 18 heavy (non-hydrogen) atoms. The van der Waals surface area contributed by atoms with Crippen LogP contribution in [0.2, 0.25) is 0 Å². The third-order valence-corrected chi connectivity index (χ3v) is 2.52. The summed E-state index contributed by atoms with van der Waals surface area (Å²) in [5, 5.41) is 0. The molecule has 0 unspecified atom stereocenters. The van der Waals surface area contributed by atoms with Crippen LogP contribution in [-0.2, 0) is 19.3 Å². The Hall–Kier alpha value is -1.44. The smallest absolute Gasteiger partial charge is 0.338 e. The van der Waals surface area contributed by atoms with Crippen LogP contribution < -0.4 is 0 Å². The summed E-state index contributed by atoms with van der Waals surface area (Å²) < 4.78 is 38.1. The van der Waals surface area contributed by atoms with Gasteiger partial charge in [-0.3, -0.25) is 4.18 Å². The van der Waals surface area contributed by atoms with Crippen molar-refractivity contribution < 1.29 is 26.5 Å². The van der Waals surface area contributed by atoms with Gasteiger partial charge in [0.15, 0.2) is 0 Å². The second-order valence-electron chi connectivity index (χ2n) is 3.19. The summed E-state index contributed by atoms with van der Waals surface area (Å²) in [5.41, 5.74) is 1.14. The molecule has 0 amide bonds. The van der Waals surface area contributed by atoms with Gasteiger partial charge in [0.25, 0.3) is 0 Å². The Bertz CT molecular complexity index is 481. The zero-order chi connectivity index (χ0) is 14.2. The minimum atomic E-state index is -4.41. The molecule has 0 aliphatic carbocycles. The Morgan fingerprint density at radius 3 is 2.00 bits per heavy atom. The van der Waals surface area contributed by atoms with Crippen LogP contribution in [0.3, 0.4) is 0 Å². The monoisotopic (exact) mass is 275 g/mol. The largest absolute Gasteiger partial charge is 0.726 e. The van der Waals surface area contributed by atoms with Crippen molar-refractivity contribution in [1.29, 1.82) is 0 Å². The third kappa shape index (κ3) is 7.00. The second kappa shape index (κ2) is 7.80. The standard InChI is InChI=1S/C10H14NO.CH4O4S/c1-9(12-3)11(2)10-7-5-4-6-8-10;1-5-6(2,3)4/h4-8H,1-3H3;1H3,(H,2,3,4)/q+1;/p-1. The minimum absolute atomic E-state index is 0.808. The normalized spacial score (nSPS) is 12.1. The molecule has 0 aliphatic heterocycles. The molecule has 0 atom stereocenters. The molecule has 7 heteroatoms. The number of rotatable bonds is 2. The first-order valence-electron chi connectivity index (χ1n) is 4.99. The van der Waals surface area contributed by atoms with Crippen LogP contribution in [0.15, 0.2) is 30.3 Å². The average Bonchev–Trinajstić information content (AvgIpc) is 2.38. The Kier molecular flexibility index (Phi) is 7.18. The van der Waals surface area contributed by atoms with E-state index in [-0.39, 0.29) is 0 Å². The molecule has 1 aromatic carbocycles. The topological polar surface area (TPSA) is 78.7 Å². The molecule has 0 fully saturated rings. The molecule has 0 saturated carbocycles. The van der Waals surface area contributed by atoms with Crippen molar-refractivity contribution in [1.82, 2.24) is 0 Å². The van der Waals surface area contributed by atoms with E-state index in [0.29, 0.717) is 0 Å². The fourth-order valence-electron chi connectivity index (χ4n) is 0.970. The van der Waals surface area contributed by atoms with Crippen LogP contribution in [0.4, 0.5) is 5.69 Å². The van der Waals surface area contributed by atoms with Gasteiger partial charge in [-0.1, -0.05) is 18.2 Å². The summed E-state index contributed by atoms with van der Waals surface area (Å²) in [6.07, 6.45) is 0. The van der Waals surface area contributed by atoms with Crippen LogP contribution in [0.25, 0.3) is 0 Å². The summed E-state index contributed by atoms with van der Waals surface area (Å²) in [7, 11) is 0.0515. The zero-order valence-corrected chi connectivity index (χ0v) is 11.6. The zero-order valence-electron chi connectivity index (χ0n) is 10.8. The number of nitrogens with zero attached hydrogens (tertiary/aromatic N) is 1.